The molecule has 1 saturated heterocycles. The summed E-state index contributed by atoms with van der Waals surface area (Å²) < 4.78 is 2.01. The van der Waals surface area contributed by atoms with Crippen LogP contribution in [-0.2, 0) is 17.9 Å². The standard InChI is InChI=1S/C21H30N8O3/c1-15(30)28-6-3-17(4-7-28)25-19-10-16(2-5-22-19)21(32)23-11-18(31)12-27-8-9-29-14-24-26-20(29)13-27/h2,5,10,14,17-18,31H,3-4,6-9,11-13H2,1H3,(H,22,25)(H,23,32)/t18-/m0/s1. The van der Waals surface area contributed by atoms with Gasteiger partial charge in [0.1, 0.15) is 18.0 Å². The van der Waals surface area contributed by atoms with E-state index in [0.717, 1.165) is 44.8 Å². The molecule has 0 bridgehead atoms. The normalized spacial score (nSPS) is 18.1. The Balaban J connectivity index is 1.23. The molecular formula is C21H30N8O3. The van der Waals surface area contributed by atoms with Crippen molar-refractivity contribution in [2.24, 2.45) is 0 Å². The van der Waals surface area contributed by atoms with Crippen LogP contribution in [-0.4, -0.2) is 91.3 Å². The van der Waals surface area contributed by atoms with Gasteiger partial charge in [-0.25, -0.2) is 4.98 Å². The van der Waals surface area contributed by atoms with Gasteiger partial charge in [0.25, 0.3) is 5.91 Å². The number of aliphatic hydroxyl groups excluding tert-OH is 1. The quantitative estimate of drug-likeness (QED) is 0.533. The smallest absolute Gasteiger partial charge is 0.251 e. The number of piperidine rings is 1. The number of anilines is 1. The molecular weight excluding hydrogens is 412 g/mol. The number of likely N-dealkylation sites (tertiary alicyclic amines) is 1. The summed E-state index contributed by atoms with van der Waals surface area (Å²) >= 11 is 0. The van der Waals surface area contributed by atoms with E-state index in [9.17, 15) is 14.7 Å². The van der Waals surface area contributed by atoms with E-state index in [4.69, 9.17) is 0 Å². The number of carbonyl (C=O) groups is 2. The summed E-state index contributed by atoms with van der Waals surface area (Å²) in [7, 11) is 0. The summed E-state index contributed by atoms with van der Waals surface area (Å²) in [6.45, 7) is 5.89. The van der Waals surface area contributed by atoms with Gasteiger partial charge < -0.3 is 25.2 Å². The molecule has 0 spiro atoms. The molecule has 1 fully saturated rings. The summed E-state index contributed by atoms with van der Waals surface area (Å²) in [5, 5.41) is 24.5. The minimum atomic E-state index is -0.681. The molecule has 3 N–H and O–H groups in total. The molecule has 2 aliphatic heterocycles. The molecule has 11 nitrogen and oxygen atoms in total. The minimum absolute atomic E-state index is 0.103. The fourth-order valence-corrected chi connectivity index (χ4v) is 4.15. The second-order valence-corrected chi connectivity index (χ2v) is 8.39. The largest absolute Gasteiger partial charge is 0.390 e. The lowest BCUT2D eigenvalue weighted by Crippen LogP contribution is -2.43. The van der Waals surface area contributed by atoms with Gasteiger partial charge in [0.05, 0.1) is 12.6 Å². The van der Waals surface area contributed by atoms with Crippen LogP contribution < -0.4 is 10.6 Å². The third-order valence-electron chi connectivity index (χ3n) is 6.00. The monoisotopic (exact) mass is 442 g/mol. The molecule has 0 saturated carbocycles. The van der Waals surface area contributed by atoms with Crippen molar-refractivity contribution in [3.8, 4) is 0 Å². The van der Waals surface area contributed by atoms with Gasteiger partial charge in [0, 0.05) is 64.0 Å². The van der Waals surface area contributed by atoms with Crippen LogP contribution in [0.2, 0.25) is 0 Å². The van der Waals surface area contributed by atoms with E-state index in [0.29, 0.717) is 24.5 Å². The Bertz CT molecular complexity index is 941. The van der Waals surface area contributed by atoms with Crippen LogP contribution in [0.3, 0.4) is 0 Å². The average Bonchev–Trinajstić information content (AvgIpc) is 3.26. The van der Waals surface area contributed by atoms with Crippen LogP contribution in [0.4, 0.5) is 5.82 Å². The van der Waals surface area contributed by atoms with Crippen LogP contribution in [0, 0.1) is 0 Å². The first kappa shape index (κ1) is 22.2. The number of hydrogen-bond acceptors (Lipinski definition) is 8. The summed E-state index contributed by atoms with van der Waals surface area (Å²) in [4.78, 5) is 32.3. The second kappa shape index (κ2) is 10.0. The molecule has 0 unspecified atom stereocenters. The molecule has 172 valence electrons. The average molecular weight is 443 g/mol. The van der Waals surface area contributed by atoms with Gasteiger partial charge in [-0.1, -0.05) is 0 Å². The third kappa shape index (κ3) is 5.60. The Morgan fingerprint density at radius 2 is 2.06 bits per heavy atom. The molecule has 4 rings (SSSR count). The molecule has 0 aromatic carbocycles. The Morgan fingerprint density at radius 3 is 2.84 bits per heavy atom. The van der Waals surface area contributed by atoms with Crippen molar-refractivity contribution in [1.29, 1.82) is 0 Å². The molecule has 2 aliphatic rings. The summed E-state index contributed by atoms with van der Waals surface area (Å²) in [5.41, 5.74) is 0.488. The molecule has 0 aliphatic carbocycles. The van der Waals surface area contributed by atoms with Crippen LogP contribution in [0.25, 0.3) is 0 Å². The van der Waals surface area contributed by atoms with Crippen molar-refractivity contribution < 1.29 is 14.7 Å². The van der Waals surface area contributed by atoms with Crippen molar-refractivity contribution in [3.05, 3.63) is 36.0 Å². The van der Waals surface area contributed by atoms with Crippen LogP contribution >= 0.6 is 0 Å². The summed E-state index contributed by atoms with van der Waals surface area (Å²) in [6, 6.07) is 3.59. The third-order valence-corrected chi connectivity index (χ3v) is 6.00. The molecule has 2 aromatic heterocycles. The summed E-state index contributed by atoms with van der Waals surface area (Å²) in [5.74, 6) is 1.37. The maximum Gasteiger partial charge on any atom is 0.251 e. The van der Waals surface area contributed by atoms with E-state index in [1.54, 1.807) is 31.6 Å². The van der Waals surface area contributed by atoms with E-state index in [-0.39, 0.29) is 24.4 Å². The van der Waals surface area contributed by atoms with Crippen molar-refractivity contribution >= 4 is 17.6 Å². The maximum absolute atomic E-state index is 12.6. The van der Waals surface area contributed by atoms with E-state index in [1.807, 2.05) is 9.47 Å². The summed E-state index contributed by atoms with van der Waals surface area (Å²) in [6.07, 6.45) is 4.32. The van der Waals surface area contributed by atoms with Crippen molar-refractivity contribution in [1.82, 2.24) is 34.9 Å². The van der Waals surface area contributed by atoms with Gasteiger partial charge >= 0.3 is 0 Å². The maximum atomic E-state index is 12.6. The molecule has 11 heteroatoms. The first-order chi connectivity index (χ1) is 15.5. The molecule has 4 heterocycles. The lowest BCUT2D eigenvalue weighted by atomic mass is 10.0. The van der Waals surface area contributed by atoms with Gasteiger partial charge in [-0.15, -0.1) is 10.2 Å². The number of pyridine rings is 1. The highest BCUT2D eigenvalue weighted by Gasteiger charge is 2.22. The van der Waals surface area contributed by atoms with Gasteiger partial charge in [-0.2, -0.15) is 0 Å². The number of carbonyl (C=O) groups excluding carboxylic acids is 2. The van der Waals surface area contributed by atoms with Gasteiger partial charge in [-0.05, 0) is 25.0 Å². The number of β-amino-alcohol motifs (C(OH)–C–C–N with tert-alkyl or cyclic N) is 1. The number of nitrogens with zero attached hydrogens (tertiary/aromatic N) is 6. The predicted molar refractivity (Wildman–Crippen MR) is 117 cm³/mol. The number of aliphatic hydroxyl groups is 1. The lowest BCUT2D eigenvalue weighted by Gasteiger charge is -2.32. The lowest BCUT2D eigenvalue weighted by molar-refractivity contribution is -0.129. The minimum Gasteiger partial charge on any atom is -0.390 e. The molecule has 1 atom stereocenters. The zero-order valence-corrected chi connectivity index (χ0v) is 18.3. The number of rotatable bonds is 7. The van der Waals surface area contributed by atoms with Crippen molar-refractivity contribution in [2.75, 3.05) is 38.0 Å². The first-order valence-corrected chi connectivity index (χ1v) is 11.0. The van der Waals surface area contributed by atoms with Crippen molar-refractivity contribution in [3.63, 3.8) is 0 Å². The number of aromatic nitrogens is 4. The Kier molecular flexibility index (Phi) is 6.96. The number of fused-ring (bicyclic) bond motifs is 1. The SMILES string of the molecule is CC(=O)N1CCC(Nc2cc(C(=O)NC[C@H](O)CN3CCn4cnnc4C3)ccn2)CC1. The fraction of sp³-hybridized carbons (Fsp3) is 0.571. The zero-order chi connectivity index (χ0) is 22.5. The van der Waals surface area contributed by atoms with Gasteiger partial charge in [0.2, 0.25) is 5.91 Å². The Morgan fingerprint density at radius 1 is 1.25 bits per heavy atom. The van der Waals surface area contributed by atoms with E-state index in [2.05, 4.69) is 30.7 Å². The second-order valence-electron chi connectivity index (χ2n) is 8.39. The highest BCUT2D eigenvalue weighted by atomic mass is 16.3. The van der Waals surface area contributed by atoms with Crippen LogP contribution in [0.5, 0.6) is 0 Å². The molecule has 2 aromatic rings. The zero-order valence-electron chi connectivity index (χ0n) is 18.3. The highest BCUT2D eigenvalue weighted by molar-refractivity contribution is 5.94. The van der Waals surface area contributed by atoms with Crippen LogP contribution in [0.1, 0.15) is 35.9 Å². The van der Waals surface area contributed by atoms with Crippen LogP contribution in [0.15, 0.2) is 24.7 Å². The molecule has 32 heavy (non-hydrogen) atoms. The topological polar surface area (TPSA) is 129 Å². The number of amides is 2. The predicted octanol–water partition coefficient (Wildman–Crippen LogP) is -0.298. The first-order valence-electron chi connectivity index (χ1n) is 11.0. The molecule has 0 radical (unpaired) electrons. The van der Waals surface area contributed by atoms with Gasteiger partial charge in [0.15, 0.2) is 0 Å². The Hall–Kier alpha value is -3.05. The van der Waals surface area contributed by atoms with E-state index < -0.39 is 6.10 Å². The highest BCUT2D eigenvalue weighted by Crippen LogP contribution is 2.16. The van der Waals surface area contributed by atoms with E-state index >= 15 is 0 Å². The number of hydrogen-bond donors (Lipinski definition) is 3. The number of nitrogens with one attached hydrogen (secondary N) is 2. The van der Waals surface area contributed by atoms with E-state index in [1.165, 1.54) is 0 Å². The Labute approximate surface area is 186 Å². The fourth-order valence-electron chi connectivity index (χ4n) is 4.15. The van der Waals surface area contributed by atoms with Crippen molar-refractivity contribution in [2.45, 2.75) is 45.0 Å². The molecule has 2 amide bonds. The van der Waals surface area contributed by atoms with Gasteiger partial charge in [-0.3, -0.25) is 14.5 Å².